The number of benzene rings is 5. The highest BCUT2D eigenvalue weighted by molar-refractivity contribution is 9.11. The highest BCUT2D eigenvalue weighted by Crippen LogP contribution is 2.28. The van der Waals surface area contributed by atoms with E-state index in [4.69, 9.17) is 0 Å². The molecular formula is C62H68Br4N2. The summed E-state index contributed by atoms with van der Waals surface area (Å²) in [5, 5.41) is 0. The first-order chi connectivity index (χ1) is 33.2. The highest BCUT2D eigenvalue weighted by atomic mass is 79.9. The van der Waals surface area contributed by atoms with Crippen molar-refractivity contribution in [1.82, 2.24) is 0 Å². The van der Waals surface area contributed by atoms with Crippen molar-refractivity contribution in [3.63, 3.8) is 0 Å². The Labute approximate surface area is 444 Å². The van der Waals surface area contributed by atoms with E-state index in [-0.39, 0.29) is 0 Å². The normalized spacial score (nSPS) is 10.5. The summed E-state index contributed by atoms with van der Waals surface area (Å²) in [5.41, 5.74) is 10.0. The predicted octanol–water partition coefficient (Wildman–Crippen LogP) is 18.3. The highest BCUT2D eigenvalue weighted by Gasteiger charge is 2.10. The van der Waals surface area contributed by atoms with Crippen LogP contribution in [0.2, 0.25) is 0 Å². The monoisotopic (exact) mass is 1160 g/mol. The van der Waals surface area contributed by atoms with E-state index in [1.54, 1.807) is 0 Å². The summed E-state index contributed by atoms with van der Waals surface area (Å²) >= 11 is 15.0. The topological polar surface area (TPSA) is 6.48 Å². The zero-order valence-corrected chi connectivity index (χ0v) is 47.1. The molecule has 0 aliphatic rings. The zero-order valence-electron chi connectivity index (χ0n) is 40.8. The Hall–Kier alpha value is -4.14. The van der Waals surface area contributed by atoms with Gasteiger partial charge in [-0.25, -0.2) is 0 Å². The van der Waals surface area contributed by atoms with Crippen molar-refractivity contribution in [2.24, 2.45) is 0 Å². The Bertz CT molecular complexity index is 2380. The molecule has 354 valence electrons. The lowest BCUT2D eigenvalue weighted by molar-refractivity contribution is 0.609. The molecular weight excluding hydrogens is 1090 g/mol. The van der Waals surface area contributed by atoms with Gasteiger partial charge in [-0.1, -0.05) is 152 Å². The standard InChI is InChI=1S/C62H68Br4N2/c1-5-9-13-17-41-67(42-18-14-10-6-2)57-37-29-51(30-38-57)27-35-55-47-59(63)53(45-61(55)65)33-25-49-21-23-50(24-22-49)26-34-54-46-62(66)56(48-60(54)64)36-28-52-31-39-58(40-32-52)68(43-19-15-11-7-3)44-20-16-12-8-4/h21-24,29-32,37-40,45-48H,5-20,41-44H2,1-4H3. The van der Waals surface area contributed by atoms with E-state index in [0.29, 0.717) is 0 Å². The van der Waals surface area contributed by atoms with E-state index in [9.17, 15) is 0 Å². The first-order valence-electron chi connectivity index (χ1n) is 25.1. The molecule has 0 aromatic heterocycles. The summed E-state index contributed by atoms with van der Waals surface area (Å²) in [6.07, 6.45) is 20.4. The Morgan fingerprint density at radius 1 is 0.294 bits per heavy atom. The van der Waals surface area contributed by atoms with Crippen molar-refractivity contribution in [2.75, 3.05) is 36.0 Å². The maximum Gasteiger partial charge on any atom is 0.0403 e. The third-order valence-electron chi connectivity index (χ3n) is 12.0. The molecule has 0 bridgehead atoms. The number of nitrogens with zero attached hydrogens (tertiary/aromatic N) is 2. The van der Waals surface area contributed by atoms with Crippen LogP contribution in [0.25, 0.3) is 0 Å². The van der Waals surface area contributed by atoms with Gasteiger partial charge in [0.2, 0.25) is 0 Å². The molecule has 6 heteroatoms. The number of hydrogen-bond donors (Lipinski definition) is 0. The van der Waals surface area contributed by atoms with Crippen molar-refractivity contribution in [3.05, 3.63) is 159 Å². The summed E-state index contributed by atoms with van der Waals surface area (Å²) in [6.45, 7) is 13.6. The van der Waals surface area contributed by atoms with Gasteiger partial charge in [-0.15, -0.1) is 0 Å². The van der Waals surface area contributed by atoms with Crippen LogP contribution in [0, 0.1) is 47.4 Å². The molecule has 68 heavy (non-hydrogen) atoms. The van der Waals surface area contributed by atoms with Gasteiger partial charge in [-0.3, -0.25) is 0 Å². The number of rotatable bonds is 22. The van der Waals surface area contributed by atoms with Crippen molar-refractivity contribution in [3.8, 4) is 47.4 Å². The van der Waals surface area contributed by atoms with Gasteiger partial charge in [-0.05, 0) is 186 Å². The summed E-state index contributed by atoms with van der Waals surface area (Å²) in [5.74, 6) is 26.8. The van der Waals surface area contributed by atoms with E-state index in [1.807, 2.05) is 48.5 Å². The van der Waals surface area contributed by atoms with E-state index in [2.05, 4.69) is 197 Å². The second kappa shape index (κ2) is 31.2. The van der Waals surface area contributed by atoms with E-state index in [0.717, 1.165) is 88.6 Å². The molecule has 2 nitrogen and oxygen atoms in total. The first-order valence-corrected chi connectivity index (χ1v) is 28.2. The molecule has 0 aliphatic heterocycles. The van der Waals surface area contributed by atoms with Gasteiger partial charge in [-0.2, -0.15) is 0 Å². The Balaban J connectivity index is 1.18. The molecule has 0 radical (unpaired) electrons. The van der Waals surface area contributed by atoms with Crippen LogP contribution in [-0.4, -0.2) is 26.2 Å². The zero-order chi connectivity index (χ0) is 48.4. The maximum atomic E-state index is 3.76. The van der Waals surface area contributed by atoms with E-state index in [1.165, 1.54) is 114 Å². The number of hydrogen-bond acceptors (Lipinski definition) is 2. The molecule has 0 fully saturated rings. The molecule has 0 saturated heterocycles. The third-order valence-corrected chi connectivity index (χ3v) is 14.6. The molecule has 0 spiro atoms. The maximum absolute atomic E-state index is 3.76. The number of halogens is 4. The second-order valence-corrected chi connectivity index (χ2v) is 20.9. The third kappa shape index (κ3) is 19.0. The fourth-order valence-electron chi connectivity index (χ4n) is 7.84. The average Bonchev–Trinajstić information content (AvgIpc) is 3.35. The van der Waals surface area contributed by atoms with Crippen LogP contribution in [0.15, 0.2) is 115 Å². The van der Waals surface area contributed by atoms with Crippen molar-refractivity contribution in [1.29, 1.82) is 0 Å². The largest absolute Gasteiger partial charge is 0.372 e. The van der Waals surface area contributed by atoms with Crippen LogP contribution in [-0.2, 0) is 0 Å². The van der Waals surface area contributed by atoms with Gasteiger partial charge < -0.3 is 9.80 Å². The molecule has 0 amide bonds. The number of unbranched alkanes of at least 4 members (excludes halogenated alkanes) is 12. The van der Waals surface area contributed by atoms with Crippen LogP contribution in [0.4, 0.5) is 11.4 Å². The van der Waals surface area contributed by atoms with Crippen molar-refractivity contribution in [2.45, 2.75) is 130 Å². The van der Waals surface area contributed by atoms with Gasteiger partial charge in [0.1, 0.15) is 0 Å². The quantitative estimate of drug-likeness (QED) is 0.0503. The van der Waals surface area contributed by atoms with Crippen molar-refractivity contribution >= 4 is 75.1 Å². The van der Waals surface area contributed by atoms with Crippen LogP contribution >= 0.6 is 63.7 Å². The summed E-state index contributed by atoms with van der Waals surface area (Å²) in [4.78, 5) is 5.13. The Morgan fingerprint density at radius 3 is 0.735 bits per heavy atom. The van der Waals surface area contributed by atoms with Gasteiger partial charge >= 0.3 is 0 Å². The molecule has 0 unspecified atom stereocenters. The molecule has 5 aromatic carbocycles. The summed E-state index contributed by atoms with van der Waals surface area (Å²) in [6, 6.07) is 33.7. The minimum atomic E-state index is 0.887. The lowest BCUT2D eigenvalue weighted by Crippen LogP contribution is -2.25. The van der Waals surface area contributed by atoms with Crippen LogP contribution in [0.1, 0.15) is 175 Å². The molecule has 0 heterocycles. The van der Waals surface area contributed by atoms with E-state index < -0.39 is 0 Å². The minimum absolute atomic E-state index is 0.887. The molecule has 0 atom stereocenters. The van der Waals surface area contributed by atoms with Crippen LogP contribution in [0.3, 0.4) is 0 Å². The molecule has 0 saturated carbocycles. The van der Waals surface area contributed by atoms with Crippen LogP contribution in [0.5, 0.6) is 0 Å². The molecule has 0 N–H and O–H groups in total. The van der Waals surface area contributed by atoms with Crippen molar-refractivity contribution < 1.29 is 0 Å². The Morgan fingerprint density at radius 2 is 0.515 bits per heavy atom. The van der Waals surface area contributed by atoms with Gasteiger partial charge in [0.25, 0.3) is 0 Å². The van der Waals surface area contributed by atoms with Gasteiger partial charge in [0.15, 0.2) is 0 Å². The molecule has 0 aliphatic carbocycles. The number of anilines is 2. The predicted molar refractivity (Wildman–Crippen MR) is 308 cm³/mol. The fraction of sp³-hybridized carbons (Fsp3) is 0.387. The summed E-state index contributed by atoms with van der Waals surface area (Å²) in [7, 11) is 0. The second-order valence-electron chi connectivity index (χ2n) is 17.5. The first kappa shape index (κ1) is 54.8. The summed E-state index contributed by atoms with van der Waals surface area (Å²) < 4.78 is 3.64. The van der Waals surface area contributed by atoms with Gasteiger partial charge in [0, 0.05) is 100.0 Å². The Kier molecular flexibility index (Phi) is 25.1. The lowest BCUT2D eigenvalue weighted by Gasteiger charge is -2.25. The minimum Gasteiger partial charge on any atom is -0.372 e. The molecule has 5 rings (SSSR count). The fourth-order valence-corrected chi connectivity index (χ4v) is 9.61. The SMILES string of the molecule is CCCCCCN(CCCCCC)c1ccc(C#Cc2cc(Br)c(C#Cc3ccc(C#Cc4cc(Br)c(C#Cc5ccc(N(CCCCCC)CCCCCC)cc5)cc4Br)cc3)cc2Br)cc1. The molecule has 5 aromatic rings. The van der Waals surface area contributed by atoms with Gasteiger partial charge in [0.05, 0.1) is 0 Å². The smallest absolute Gasteiger partial charge is 0.0403 e. The van der Waals surface area contributed by atoms with Crippen LogP contribution < -0.4 is 9.80 Å². The lowest BCUT2D eigenvalue weighted by atomic mass is 10.1. The average molecular weight is 1160 g/mol. The van der Waals surface area contributed by atoms with E-state index >= 15 is 0 Å².